The Hall–Kier alpha value is -4.33. The van der Waals surface area contributed by atoms with Gasteiger partial charge in [0.25, 0.3) is 11.7 Å². The average Bonchev–Trinajstić information content (AvgIpc) is 3.13. The van der Waals surface area contributed by atoms with E-state index in [-0.39, 0.29) is 17.0 Å². The van der Waals surface area contributed by atoms with Crippen molar-refractivity contribution in [2.75, 3.05) is 26.2 Å². The largest absolute Gasteiger partial charge is 0.507 e. The molecule has 0 aliphatic carbocycles. The van der Waals surface area contributed by atoms with Crippen LogP contribution in [0.3, 0.4) is 0 Å². The van der Waals surface area contributed by atoms with Crippen LogP contribution in [-0.4, -0.2) is 38.1 Å². The summed E-state index contributed by atoms with van der Waals surface area (Å²) in [5.41, 5.74) is 0.969. The van der Waals surface area contributed by atoms with Gasteiger partial charge in [-0.2, -0.15) is 0 Å². The molecule has 1 heterocycles. The van der Waals surface area contributed by atoms with Crippen molar-refractivity contribution >= 4 is 23.1 Å². The van der Waals surface area contributed by atoms with Crippen molar-refractivity contribution in [1.29, 1.82) is 0 Å². The SMILES string of the molecule is COc1cc(C2/C(=C(\O)c3ccccc3)C(=O)C(=O)N2c2ccc(F)cc2)cc(OC)c1OC. The maximum atomic E-state index is 13.6. The molecule has 174 valence electrons. The van der Waals surface area contributed by atoms with E-state index in [2.05, 4.69) is 0 Å². The van der Waals surface area contributed by atoms with E-state index in [1.54, 1.807) is 42.5 Å². The van der Waals surface area contributed by atoms with E-state index in [4.69, 9.17) is 14.2 Å². The summed E-state index contributed by atoms with van der Waals surface area (Å²) in [7, 11) is 4.35. The van der Waals surface area contributed by atoms with Crippen molar-refractivity contribution in [2.45, 2.75) is 6.04 Å². The summed E-state index contributed by atoms with van der Waals surface area (Å²) in [4.78, 5) is 27.6. The number of amides is 1. The number of ketones is 1. The molecule has 1 atom stereocenters. The summed E-state index contributed by atoms with van der Waals surface area (Å²) < 4.78 is 29.9. The monoisotopic (exact) mass is 463 g/mol. The first-order valence-corrected chi connectivity index (χ1v) is 10.3. The Labute approximate surface area is 195 Å². The van der Waals surface area contributed by atoms with E-state index < -0.39 is 23.5 Å². The first-order chi connectivity index (χ1) is 16.4. The Morgan fingerprint density at radius 2 is 1.47 bits per heavy atom. The lowest BCUT2D eigenvalue weighted by Crippen LogP contribution is -2.29. The van der Waals surface area contributed by atoms with Crippen LogP contribution in [0.1, 0.15) is 17.2 Å². The van der Waals surface area contributed by atoms with Gasteiger partial charge in [-0.3, -0.25) is 14.5 Å². The number of rotatable bonds is 6. The number of methoxy groups -OCH3 is 3. The third-order valence-corrected chi connectivity index (χ3v) is 5.60. The summed E-state index contributed by atoms with van der Waals surface area (Å²) in [6, 6.07) is 15.8. The van der Waals surface area contributed by atoms with Crippen molar-refractivity contribution in [2.24, 2.45) is 0 Å². The predicted molar refractivity (Wildman–Crippen MR) is 124 cm³/mol. The Morgan fingerprint density at radius 1 is 0.882 bits per heavy atom. The molecule has 0 spiro atoms. The number of ether oxygens (including phenoxy) is 3. The van der Waals surface area contributed by atoms with E-state index in [1.165, 1.54) is 50.5 Å². The van der Waals surface area contributed by atoms with Crippen LogP contribution < -0.4 is 19.1 Å². The van der Waals surface area contributed by atoms with Gasteiger partial charge < -0.3 is 19.3 Å². The van der Waals surface area contributed by atoms with Gasteiger partial charge in [0.05, 0.1) is 32.9 Å². The van der Waals surface area contributed by atoms with Gasteiger partial charge in [0, 0.05) is 11.3 Å². The highest BCUT2D eigenvalue weighted by Crippen LogP contribution is 2.47. The summed E-state index contributed by atoms with van der Waals surface area (Å²) in [5.74, 6) is -1.61. The van der Waals surface area contributed by atoms with E-state index >= 15 is 0 Å². The molecule has 3 aromatic carbocycles. The number of carbonyl (C=O) groups is 2. The standard InChI is InChI=1S/C26H22FNO6/c1-32-19-13-16(14-20(33-2)25(19)34-3)22-21(23(29)15-7-5-4-6-8-15)24(30)26(31)28(22)18-11-9-17(27)10-12-18/h4-14,22,29H,1-3H3/b23-21+. The summed E-state index contributed by atoms with van der Waals surface area (Å²) >= 11 is 0. The molecule has 0 saturated carbocycles. The molecule has 1 saturated heterocycles. The molecule has 0 bridgehead atoms. The minimum absolute atomic E-state index is 0.116. The van der Waals surface area contributed by atoms with Gasteiger partial charge in [-0.15, -0.1) is 0 Å². The number of anilines is 1. The lowest BCUT2D eigenvalue weighted by Gasteiger charge is -2.26. The molecule has 1 amide bonds. The summed E-state index contributed by atoms with van der Waals surface area (Å²) in [5, 5.41) is 11.1. The Bertz CT molecular complexity index is 1250. The first kappa shape index (κ1) is 22.8. The van der Waals surface area contributed by atoms with E-state index in [0.717, 1.165) is 0 Å². The highest BCUT2D eigenvalue weighted by atomic mass is 19.1. The fraction of sp³-hybridized carbons (Fsp3) is 0.154. The highest BCUT2D eigenvalue weighted by molar-refractivity contribution is 6.51. The van der Waals surface area contributed by atoms with Gasteiger partial charge in [0.15, 0.2) is 11.5 Å². The maximum Gasteiger partial charge on any atom is 0.300 e. The molecule has 3 aromatic rings. The molecule has 34 heavy (non-hydrogen) atoms. The van der Waals surface area contributed by atoms with E-state index in [9.17, 15) is 19.1 Å². The van der Waals surface area contributed by atoms with Crippen molar-refractivity contribution in [3.05, 3.63) is 89.2 Å². The number of hydrogen-bond acceptors (Lipinski definition) is 6. The molecular formula is C26H22FNO6. The molecule has 8 heteroatoms. The molecule has 0 aromatic heterocycles. The van der Waals surface area contributed by atoms with Crippen LogP contribution in [0.25, 0.3) is 5.76 Å². The Kier molecular flexibility index (Phi) is 6.23. The number of carbonyl (C=O) groups excluding carboxylic acids is 2. The topological polar surface area (TPSA) is 85.3 Å². The summed E-state index contributed by atoms with van der Waals surface area (Å²) in [6.07, 6.45) is 0. The lowest BCUT2D eigenvalue weighted by atomic mass is 9.94. The molecule has 0 radical (unpaired) electrons. The van der Waals surface area contributed by atoms with E-state index in [1.807, 2.05) is 0 Å². The third-order valence-electron chi connectivity index (χ3n) is 5.60. The zero-order chi connectivity index (χ0) is 24.4. The smallest absolute Gasteiger partial charge is 0.300 e. The first-order valence-electron chi connectivity index (χ1n) is 10.3. The van der Waals surface area contributed by atoms with Crippen molar-refractivity contribution in [3.63, 3.8) is 0 Å². The van der Waals surface area contributed by atoms with Crippen LogP contribution >= 0.6 is 0 Å². The van der Waals surface area contributed by atoms with Crippen molar-refractivity contribution in [3.8, 4) is 17.2 Å². The van der Waals surface area contributed by atoms with Crippen LogP contribution in [0.4, 0.5) is 10.1 Å². The second-order valence-corrected chi connectivity index (χ2v) is 7.47. The Morgan fingerprint density at radius 3 is 2.00 bits per heavy atom. The third kappa shape index (κ3) is 3.83. The normalized spacial score (nSPS) is 17.1. The number of nitrogens with zero attached hydrogens (tertiary/aromatic N) is 1. The summed E-state index contributed by atoms with van der Waals surface area (Å²) in [6.45, 7) is 0. The molecule has 4 rings (SSSR count). The van der Waals surface area contributed by atoms with E-state index in [0.29, 0.717) is 28.4 Å². The molecule has 1 unspecified atom stereocenters. The maximum absolute atomic E-state index is 13.6. The van der Waals surface area contributed by atoms with Gasteiger partial charge in [0.2, 0.25) is 5.75 Å². The average molecular weight is 463 g/mol. The van der Waals surface area contributed by atoms with Gasteiger partial charge in [-0.1, -0.05) is 30.3 Å². The molecule has 1 aliphatic rings. The van der Waals surface area contributed by atoms with Gasteiger partial charge >= 0.3 is 0 Å². The van der Waals surface area contributed by atoms with Crippen molar-refractivity contribution < 1.29 is 33.3 Å². The molecule has 1 N–H and O–H groups in total. The van der Waals surface area contributed by atoms with Crippen LogP contribution in [0.15, 0.2) is 72.3 Å². The minimum Gasteiger partial charge on any atom is -0.507 e. The minimum atomic E-state index is -1.04. The fourth-order valence-corrected chi connectivity index (χ4v) is 4.03. The van der Waals surface area contributed by atoms with Crippen molar-refractivity contribution in [1.82, 2.24) is 0 Å². The fourth-order valence-electron chi connectivity index (χ4n) is 4.03. The molecule has 1 aliphatic heterocycles. The van der Waals surface area contributed by atoms with Gasteiger partial charge in [-0.05, 0) is 42.0 Å². The van der Waals surface area contributed by atoms with Gasteiger partial charge in [0.1, 0.15) is 11.6 Å². The van der Waals surface area contributed by atoms with Crippen LogP contribution in [0.5, 0.6) is 17.2 Å². The number of aliphatic hydroxyl groups is 1. The quantitative estimate of drug-likeness (QED) is 0.330. The second-order valence-electron chi connectivity index (χ2n) is 7.47. The van der Waals surface area contributed by atoms with Crippen LogP contribution in [-0.2, 0) is 9.59 Å². The number of Topliss-reactive ketones (excluding diaryl/α,β-unsaturated/α-hetero) is 1. The molecule has 7 nitrogen and oxygen atoms in total. The zero-order valence-electron chi connectivity index (χ0n) is 18.7. The zero-order valence-corrected chi connectivity index (χ0v) is 18.7. The number of hydrogen-bond donors (Lipinski definition) is 1. The van der Waals surface area contributed by atoms with Crippen LogP contribution in [0, 0.1) is 5.82 Å². The highest BCUT2D eigenvalue weighted by Gasteiger charge is 2.47. The molecular weight excluding hydrogens is 441 g/mol. The lowest BCUT2D eigenvalue weighted by molar-refractivity contribution is -0.132. The van der Waals surface area contributed by atoms with Gasteiger partial charge in [-0.25, -0.2) is 4.39 Å². The number of aliphatic hydroxyl groups excluding tert-OH is 1. The Balaban J connectivity index is 2.01. The van der Waals surface area contributed by atoms with Crippen LogP contribution in [0.2, 0.25) is 0 Å². The second kappa shape index (κ2) is 9.27. The number of halogens is 1. The number of benzene rings is 3. The predicted octanol–water partition coefficient (Wildman–Crippen LogP) is 4.48. The molecule has 1 fully saturated rings.